The molecule has 1 amide bonds. The maximum Gasteiger partial charge on any atom is 0.270 e. The molecular formula is C17H20FN3O3S. The molecule has 1 N–H and O–H groups in total. The van der Waals surface area contributed by atoms with E-state index in [4.69, 9.17) is 0 Å². The monoisotopic (exact) mass is 365 g/mol. The molecule has 2 heterocycles. The Balaban J connectivity index is 1.78. The SMILES string of the molecule is CN(Cc1ccccc1F)S(=O)(=O)c1c[nH]c(C(=O)N2CCCC2)c1. The zero-order valence-corrected chi connectivity index (χ0v) is 14.7. The number of carbonyl (C=O) groups is 1. The number of nitrogens with zero attached hydrogens (tertiary/aromatic N) is 2. The number of sulfonamides is 1. The highest BCUT2D eigenvalue weighted by molar-refractivity contribution is 7.89. The molecule has 0 unspecified atom stereocenters. The summed E-state index contributed by atoms with van der Waals surface area (Å²) in [6.07, 6.45) is 3.22. The van der Waals surface area contributed by atoms with Crippen molar-refractivity contribution in [2.75, 3.05) is 20.1 Å². The fourth-order valence-corrected chi connectivity index (χ4v) is 4.01. The van der Waals surface area contributed by atoms with E-state index in [1.165, 1.54) is 25.4 Å². The van der Waals surface area contributed by atoms with Gasteiger partial charge in [0.1, 0.15) is 16.4 Å². The molecule has 3 rings (SSSR count). The number of aromatic amines is 1. The van der Waals surface area contributed by atoms with Crippen molar-refractivity contribution in [3.8, 4) is 0 Å². The molecule has 1 aromatic carbocycles. The Morgan fingerprint density at radius 2 is 1.96 bits per heavy atom. The van der Waals surface area contributed by atoms with E-state index in [-0.39, 0.29) is 28.6 Å². The number of amides is 1. The second-order valence-electron chi connectivity index (χ2n) is 6.10. The van der Waals surface area contributed by atoms with E-state index in [2.05, 4.69) is 4.98 Å². The van der Waals surface area contributed by atoms with Gasteiger partial charge in [0.2, 0.25) is 10.0 Å². The first-order valence-electron chi connectivity index (χ1n) is 8.07. The lowest BCUT2D eigenvalue weighted by Crippen LogP contribution is -2.28. The fourth-order valence-electron chi connectivity index (χ4n) is 2.87. The van der Waals surface area contributed by atoms with Crippen LogP contribution in [0.1, 0.15) is 28.9 Å². The average molecular weight is 365 g/mol. The van der Waals surface area contributed by atoms with Gasteiger partial charge in [-0.1, -0.05) is 18.2 Å². The van der Waals surface area contributed by atoms with Gasteiger partial charge in [0.05, 0.1) is 0 Å². The number of benzene rings is 1. The molecule has 1 aliphatic rings. The van der Waals surface area contributed by atoms with Crippen LogP contribution in [0.5, 0.6) is 0 Å². The van der Waals surface area contributed by atoms with E-state index in [9.17, 15) is 17.6 Å². The van der Waals surface area contributed by atoms with Crippen LogP contribution in [0.4, 0.5) is 4.39 Å². The Morgan fingerprint density at radius 3 is 2.64 bits per heavy atom. The summed E-state index contributed by atoms with van der Waals surface area (Å²) in [4.78, 5) is 16.8. The van der Waals surface area contributed by atoms with E-state index in [1.807, 2.05) is 0 Å². The number of likely N-dealkylation sites (tertiary alicyclic amines) is 1. The third-order valence-corrected chi connectivity index (χ3v) is 6.12. The van der Waals surface area contributed by atoms with Crippen molar-refractivity contribution in [3.05, 3.63) is 53.6 Å². The first-order chi connectivity index (χ1) is 11.9. The molecule has 134 valence electrons. The molecule has 0 saturated carbocycles. The van der Waals surface area contributed by atoms with E-state index in [0.717, 1.165) is 17.1 Å². The normalized spacial score (nSPS) is 15.1. The zero-order chi connectivity index (χ0) is 18.0. The van der Waals surface area contributed by atoms with Crippen molar-refractivity contribution < 1.29 is 17.6 Å². The second kappa shape index (κ2) is 6.97. The van der Waals surface area contributed by atoms with Gasteiger partial charge in [0.15, 0.2) is 0 Å². The fraction of sp³-hybridized carbons (Fsp3) is 0.353. The summed E-state index contributed by atoms with van der Waals surface area (Å²) in [6.45, 7) is 1.29. The summed E-state index contributed by atoms with van der Waals surface area (Å²) in [7, 11) is -2.44. The second-order valence-corrected chi connectivity index (χ2v) is 8.15. The lowest BCUT2D eigenvalue weighted by Gasteiger charge is -2.16. The first kappa shape index (κ1) is 17.6. The van der Waals surface area contributed by atoms with E-state index in [1.54, 1.807) is 23.1 Å². The van der Waals surface area contributed by atoms with Crippen LogP contribution in [0.15, 0.2) is 41.4 Å². The zero-order valence-electron chi connectivity index (χ0n) is 13.9. The van der Waals surface area contributed by atoms with Crippen LogP contribution in [0.2, 0.25) is 0 Å². The molecule has 0 aliphatic carbocycles. The Labute approximate surface area is 146 Å². The summed E-state index contributed by atoms with van der Waals surface area (Å²) in [5.41, 5.74) is 0.539. The minimum atomic E-state index is -3.83. The van der Waals surface area contributed by atoms with Crippen LogP contribution < -0.4 is 0 Å². The van der Waals surface area contributed by atoms with Crippen molar-refractivity contribution in [3.63, 3.8) is 0 Å². The van der Waals surface area contributed by atoms with Gasteiger partial charge in [-0.25, -0.2) is 12.8 Å². The maximum absolute atomic E-state index is 13.7. The van der Waals surface area contributed by atoms with Crippen LogP contribution in [0.3, 0.4) is 0 Å². The summed E-state index contributed by atoms with van der Waals surface area (Å²) in [6, 6.07) is 7.38. The van der Waals surface area contributed by atoms with Crippen LogP contribution in [-0.4, -0.2) is 48.7 Å². The van der Waals surface area contributed by atoms with E-state index < -0.39 is 15.8 Å². The highest BCUT2D eigenvalue weighted by Crippen LogP contribution is 2.20. The first-order valence-corrected chi connectivity index (χ1v) is 9.51. The standard InChI is InChI=1S/C17H20FN3O3S/c1-20(12-13-6-2-3-7-15(13)18)25(23,24)14-10-16(19-11-14)17(22)21-8-4-5-9-21/h2-3,6-7,10-11,19H,4-5,8-9,12H2,1H3. The third-order valence-electron chi connectivity index (χ3n) is 4.34. The number of aromatic nitrogens is 1. The molecule has 8 heteroatoms. The average Bonchev–Trinajstić information content (AvgIpc) is 3.28. The van der Waals surface area contributed by atoms with Crippen molar-refractivity contribution in [2.45, 2.75) is 24.3 Å². The van der Waals surface area contributed by atoms with Crippen molar-refractivity contribution in [2.24, 2.45) is 0 Å². The smallest absolute Gasteiger partial charge is 0.270 e. The third kappa shape index (κ3) is 3.59. The number of rotatable bonds is 5. The topological polar surface area (TPSA) is 73.5 Å². The molecule has 6 nitrogen and oxygen atoms in total. The number of halogens is 1. The highest BCUT2D eigenvalue weighted by Gasteiger charge is 2.26. The van der Waals surface area contributed by atoms with Gasteiger partial charge in [-0.15, -0.1) is 0 Å². The molecule has 0 atom stereocenters. The lowest BCUT2D eigenvalue weighted by molar-refractivity contribution is 0.0787. The van der Waals surface area contributed by atoms with Gasteiger partial charge < -0.3 is 9.88 Å². The number of carbonyl (C=O) groups excluding carboxylic acids is 1. The molecule has 0 radical (unpaired) electrons. The van der Waals surface area contributed by atoms with Crippen molar-refractivity contribution in [1.82, 2.24) is 14.2 Å². The molecule has 2 aromatic rings. The van der Waals surface area contributed by atoms with Gasteiger partial charge >= 0.3 is 0 Å². The van der Waals surface area contributed by atoms with Gasteiger partial charge in [-0.05, 0) is 25.0 Å². The van der Waals surface area contributed by atoms with Crippen LogP contribution in [-0.2, 0) is 16.6 Å². The summed E-state index contributed by atoms with van der Waals surface area (Å²) >= 11 is 0. The molecule has 0 spiro atoms. The molecule has 0 bridgehead atoms. The largest absolute Gasteiger partial charge is 0.356 e. The number of H-pyrrole nitrogens is 1. The van der Waals surface area contributed by atoms with Gasteiger partial charge in [0.25, 0.3) is 5.91 Å². The predicted molar refractivity (Wildman–Crippen MR) is 91.0 cm³/mol. The van der Waals surface area contributed by atoms with E-state index in [0.29, 0.717) is 13.1 Å². The minimum Gasteiger partial charge on any atom is -0.356 e. The molecule has 1 aliphatic heterocycles. The van der Waals surface area contributed by atoms with Gasteiger partial charge in [0, 0.05) is 38.4 Å². The van der Waals surface area contributed by atoms with E-state index >= 15 is 0 Å². The van der Waals surface area contributed by atoms with Gasteiger partial charge in [-0.3, -0.25) is 4.79 Å². The van der Waals surface area contributed by atoms with Crippen molar-refractivity contribution >= 4 is 15.9 Å². The summed E-state index contributed by atoms with van der Waals surface area (Å²) < 4.78 is 40.1. The number of hydrogen-bond acceptors (Lipinski definition) is 3. The molecule has 1 aromatic heterocycles. The van der Waals surface area contributed by atoms with Crippen LogP contribution >= 0.6 is 0 Å². The Kier molecular flexibility index (Phi) is 4.91. The molecule has 1 saturated heterocycles. The highest BCUT2D eigenvalue weighted by atomic mass is 32.2. The van der Waals surface area contributed by atoms with Gasteiger partial charge in [-0.2, -0.15) is 4.31 Å². The Morgan fingerprint density at radius 1 is 1.28 bits per heavy atom. The van der Waals surface area contributed by atoms with Crippen LogP contribution in [0, 0.1) is 5.82 Å². The molecule has 25 heavy (non-hydrogen) atoms. The number of hydrogen-bond donors (Lipinski definition) is 1. The Hall–Kier alpha value is -2.19. The maximum atomic E-state index is 13.7. The Bertz CT molecular complexity index is 873. The quantitative estimate of drug-likeness (QED) is 0.883. The van der Waals surface area contributed by atoms with Crippen LogP contribution in [0.25, 0.3) is 0 Å². The molecular weight excluding hydrogens is 345 g/mol. The summed E-state index contributed by atoms with van der Waals surface area (Å²) in [5.74, 6) is -0.653. The number of nitrogens with one attached hydrogen (secondary N) is 1. The minimum absolute atomic E-state index is 0.00566. The predicted octanol–water partition coefficient (Wildman–Crippen LogP) is 2.21. The molecule has 1 fully saturated rings. The van der Waals surface area contributed by atoms with Crippen molar-refractivity contribution in [1.29, 1.82) is 0 Å². The summed E-state index contributed by atoms with van der Waals surface area (Å²) in [5, 5.41) is 0. The lowest BCUT2D eigenvalue weighted by atomic mass is 10.2.